The number of rotatable bonds is 19. The zero-order chi connectivity index (χ0) is 50.2. The molecule has 18 nitrogen and oxygen atoms in total. The number of amides is 3. The molecule has 2 aliphatic rings. The molecule has 19 heteroatoms. The Morgan fingerprint density at radius 3 is 2.39 bits per heavy atom. The number of carbonyl (C=O) groups excluding carboxylic acids is 3. The number of nitrogens with two attached hydrogens (primary N) is 1. The number of benzene rings is 3. The molecule has 4 atom stereocenters. The van der Waals surface area contributed by atoms with Gasteiger partial charge in [0.1, 0.15) is 35.6 Å². The van der Waals surface area contributed by atoms with E-state index in [2.05, 4.69) is 35.9 Å². The molecule has 71 heavy (non-hydrogen) atoms. The number of aromatic nitrogens is 4. The molecule has 7 N–H and O–H groups in total. The lowest BCUT2D eigenvalue weighted by Gasteiger charge is -2.36. The lowest BCUT2D eigenvalue weighted by Crippen LogP contribution is -2.54. The summed E-state index contributed by atoms with van der Waals surface area (Å²) in [5.74, 6) is -1.00. The molecule has 3 amide bonds. The Bertz CT molecular complexity index is 2780. The number of nitrogens with one attached hydrogen (secondary N) is 2. The fraction of sp³-hybridized carbons (Fsp3) is 0.404. The van der Waals surface area contributed by atoms with Crippen molar-refractivity contribution in [2.45, 2.75) is 89.6 Å². The number of aryl methyl sites for hydroxylation is 1. The van der Waals surface area contributed by atoms with E-state index in [1.54, 1.807) is 47.7 Å². The summed E-state index contributed by atoms with van der Waals surface area (Å²) < 4.78 is 17.5. The Kier molecular flexibility index (Phi) is 15.9. The summed E-state index contributed by atoms with van der Waals surface area (Å²) in [5, 5.41) is 50.3. The summed E-state index contributed by atoms with van der Waals surface area (Å²) in [6.07, 6.45) is 0.344. The van der Waals surface area contributed by atoms with Crippen LogP contribution in [0.1, 0.15) is 80.1 Å². The maximum Gasteiger partial charge on any atom is 0.254 e. The number of nitrogens with zero attached hydrogens (tertiary/aromatic N) is 6. The van der Waals surface area contributed by atoms with Gasteiger partial charge in [0.2, 0.25) is 11.8 Å². The predicted octanol–water partition coefficient (Wildman–Crippen LogP) is 5.57. The van der Waals surface area contributed by atoms with E-state index in [-0.39, 0.29) is 80.2 Å². The quantitative estimate of drug-likeness (QED) is 0.0580. The number of ether oxygens (including phenoxy) is 2. The van der Waals surface area contributed by atoms with Gasteiger partial charge in [0, 0.05) is 63.3 Å². The number of β-amino-alcohol motifs (C(OH)–C–C–N with tert-alkyl or cyclic N) is 1. The van der Waals surface area contributed by atoms with Crippen LogP contribution in [-0.4, -0.2) is 120 Å². The molecule has 2 saturated heterocycles. The van der Waals surface area contributed by atoms with Crippen molar-refractivity contribution in [1.82, 2.24) is 40.8 Å². The largest absolute Gasteiger partial charge is 0.507 e. The molecular weight excluding hydrogens is 927 g/mol. The third-order valence-corrected chi connectivity index (χ3v) is 14.2. The van der Waals surface area contributed by atoms with Crippen molar-refractivity contribution in [2.75, 3.05) is 45.1 Å². The van der Waals surface area contributed by atoms with Crippen LogP contribution < -0.4 is 25.8 Å². The zero-order valence-electron chi connectivity index (χ0n) is 40.3. The second-order valence-corrected chi connectivity index (χ2v) is 19.5. The molecule has 0 unspecified atom stereocenters. The maximum absolute atomic E-state index is 14.2. The van der Waals surface area contributed by atoms with E-state index in [0.29, 0.717) is 55.4 Å². The first kappa shape index (κ1) is 50.5. The minimum atomic E-state index is -1.51. The van der Waals surface area contributed by atoms with Crippen molar-refractivity contribution in [3.05, 3.63) is 119 Å². The minimum absolute atomic E-state index is 0.0170. The molecule has 0 bridgehead atoms. The van der Waals surface area contributed by atoms with Crippen LogP contribution in [0.25, 0.3) is 21.7 Å². The van der Waals surface area contributed by atoms with Gasteiger partial charge in [-0.15, -0.1) is 21.5 Å². The Hall–Kier alpha value is -6.93. The highest BCUT2D eigenvalue weighted by molar-refractivity contribution is 7.13. The van der Waals surface area contributed by atoms with Gasteiger partial charge in [-0.2, -0.15) is 0 Å². The molecule has 5 heterocycles. The lowest BCUT2D eigenvalue weighted by molar-refractivity contribution is -0.145. The first-order valence-corrected chi connectivity index (χ1v) is 24.8. The van der Waals surface area contributed by atoms with Crippen LogP contribution >= 0.6 is 11.3 Å². The normalized spacial score (nSPS) is 17.7. The SMILES string of the molecule is Cc1ncsc1-c1ccc([C@H](C)NC(=O)[C@@H]2C[C@@H](O)CN2C(=O)[C@@H](c2cc(OCCN3CCC(O)(C(=O)NCc4ccc(CCOc5cc(-c6ccccc6O)nnc5N)cc4)CC3)no2)C(C)C)cc1. The monoisotopic (exact) mass is 987 g/mol. The number of hydrogen-bond acceptors (Lipinski definition) is 16. The number of phenols is 1. The van der Waals surface area contributed by atoms with Gasteiger partial charge in [-0.25, -0.2) is 4.98 Å². The number of aromatic hydroxyl groups is 1. The Morgan fingerprint density at radius 1 is 0.958 bits per heavy atom. The molecule has 8 rings (SSSR count). The first-order valence-electron chi connectivity index (χ1n) is 23.9. The number of phenolic OH excluding ortho intramolecular Hbond substituents is 1. The summed E-state index contributed by atoms with van der Waals surface area (Å²) in [6, 6.07) is 24.6. The van der Waals surface area contributed by atoms with Gasteiger partial charge in [0.25, 0.3) is 11.8 Å². The number of carbonyl (C=O) groups is 3. The van der Waals surface area contributed by atoms with Gasteiger partial charge in [-0.3, -0.25) is 19.3 Å². The van der Waals surface area contributed by atoms with E-state index in [4.69, 9.17) is 19.7 Å². The molecule has 0 radical (unpaired) electrons. The fourth-order valence-electron chi connectivity index (χ4n) is 9.03. The minimum Gasteiger partial charge on any atom is -0.507 e. The van der Waals surface area contributed by atoms with Crippen molar-refractivity contribution in [3.8, 4) is 39.1 Å². The van der Waals surface area contributed by atoms with E-state index in [1.807, 2.05) is 81.7 Å². The average molecular weight is 988 g/mol. The van der Waals surface area contributed by atoms with Crippen molar-refractivity contribution in [2.24, 2.45) is 5.92 Å². The lowest BCUT2D eigenvalue weighted by atomic mass is 9.90. The summed E-state index contributed by atoms with van der Waals surface area (Å²) >= 11 is 1.58. The van der Waals surface area contributed by atoms with Gasteiger partial charge in [-0.1, -0.05) is 74.5 Å². The molecule has 0 spiro atoms. The highest BCUT2D eigenvalue weighted by Crippen LogP contribution is 2.34. The van der Waals surface area contributed by atoms with Crippen LogP contribution in [0.15, 0.2) is 95.0 Å². The Balaban J connectivity index is 0.756. The number of thiazole rings is 1. The third-order valence-electron chi connectivity index (χ3n) is 13.2. The van der Waals surface area contributed by atoms with E-state index < -0.39 is 29.6 Å². The van der Waals surface area contributed by atoms with Crippen LogP contribution in [-0.2, 0) is 27.3 Å². The number of aliphatic hydroxyl groups is 2. The molecule has 0 saturated carbocycles. The maximum atomic E-state index is 14.2. The molecule has 0 aliphatic carbocycles. The standard InChI is InChI=1S/C52H61N9O9S/c1-31(2)46(50(65)61-29-38(62)25-41(61)49(64)56-32(3)36-13-15-37(16-14-36)47-33(4)55-30-71-47)43-27-45(59-70-43)69-24-22-60-20-18-52(67,19-21-60)51(66)54-28-35-11-9-34(10-12-35)17-23-68-44-26-40(57-58-48(44)53)39-7-5-6-8-42(39)63/h5-16,26-27,30-32,38,41,46,62-63,67H,17-25,28-29H2,1-4H3,(H2,53,58)(H,54,66)(H,56,64)/t32-,38+,41-,46+/m0/s1. The number of para-hydroxylation sites is 1. The topological polar surface area (TPSA) is 252 Å². The van der Waals surface area contributed by atoms with Crippen molar-refractivity contribution in [3.63, 3.8) is 0 Å². The molecule has 3 aromatic carbocycles. The second-order valence-electron chi connectivity index (χ2n) is 18.6. The van der Waals surface area contributed by atoms with Crippen LogP contribution in [0.4, 0.5) is 5.82 Å². The molecule has 2 fully saturated rings. The van der Waals surface area contributed by atoms with Crippen LogP contribution in [0.2, 0.25) is 0 Å². The summed E-state index contributed by atoms with van der Waals surface area (Å²) in [6.45, 7) is 9.95. The number of piperidine rings is 1. The Labute approximate surface area is 416 Å². The average Bonchev–Trinajstić information content (AvgIpc) is 4.12. The van der Waals surface area contributed by atoms with Crippen LogP contribution in [0.5, 0.6) is 17.4 Å². The molecule has 374 valence electrons. The summed E-state index contributed by atoms with van der Waals surface area (Å²) in [7, 11) is 0. The van der Waals surface area contributed by atoms with Crippen LogP contribution in [0.3, 0.4) is 0 Å². The van der Waals surface area contributed by atoms with Gasteiger partial charge in [-0.05, 0) is 72.2 Å². The van der Waals surface area contributed by atoms with E-state index in [1.165, 1.54) is 4.90 Å². The molecule has 6 aromatic rings. The van der Waals surface area contributed by atoms with E-state index in [0.717, 1.165) is 32.8 Å². The van der Waals surface area contributed by atoms with Crippen molar-refractivity contribution >= 4 is 34.9 Å². The number of aliphatic hydroxyl groups excluding tert-OH is 1. The molecular formula is C52H61N9O9S. The fourth-order valence-corrected chi connectivity index (χ4v) is 9.84. The molecule has 2 aliphatic heterocycles. The Morgan fingerprint density at radius 2 is 1.69 bits per heavy atom. The van der Waals surface area contributed by atoms with Gasteiger partial charge in [0.05, 0.1) is 34.8 Å². The zero-order valence-corrected chi connectivity index (χ0v) is 41.1. The van der Waals surface area contributed by atoms with Crippen molar-refractivity contribution < 1.29 is 43.7 Å². The van der Waals surface area contributed by atoms with E-state index in [9.17, 15) is 29.7 Å². The smallest absolute Gasteiger partial charge is 0.254 e. The third kappa shape index (κ3) is 12.2. The number of hydrogen-bond donors (Lipinski definition) is 6. The predicted molar refractivity (Wildman–Crippen MR) is 266 cm³/mol. The number of likely N-dealkylation sites (tertiary alicyclic amines) is 2. The number of nitrogen functional groups attached to an aromatic ring is 1. The summed E-state index contributed by atoms with van der Waals surface area (Å²) in [4.78, 5) is 50.1. The highest BCUT2D eigenvalue weighted by atomic mass is 32.1. The summed E-state index contributed by atoms with van der Waals surface area (Å²) in [5.41, 5.74) is 12.1. The second kappa shape index (κ2) is 22.4. The van der Waals surface area contributed by atoms with Crippen molar-refractivity contribution in [1.29, 1.82) is 0 Å². The van der Waals surface area contributed by atoms with E-state index >= 15 is 0 Å². The first-order chi connectivity index (χ1) is 34.1. The van der Waals surface area contributed by atoms with Crippen LogP contribution in [0, 0.1) is 12.8 Å². The number of anilines is 1. The highest BCUT2D eigenvalue weighted by Gasteiger charge is 2.44. The van der Waals surface area contributed by atoms with Gasteiger partial charge >= 0.3 is 0 Å². The van der Waals surface area contributed by atoms with Gasteiger partial charge in [0.15, 0.2) is 17.3 Å². The van der Waals surface area contributed by atoms with Gasteiger partial charge < -0.3 is 50.6 Å². The molecule has 3 aromatic heterocycles.